The molecule has 0 aromatic heterocycles. The smallest absolute Gasteiger partial charge is 0.165 e. The minimum atomic E-state index is -0.349. The molecular formula is C10H13FO2. The van der Waals surface area contributed by atoms with Gasteiger partial charge in [-0.15, -0.1) is 0 Å². The van der Waals surface area contributed by atoms with Crippen molar-refractivity contribution in [3.63, 3.8) is 0 Å². The fourth-order valence-corrected chi connectivity index (χ4v) is 1.25. The fourth-order valence-electron chi connectivity index (χ4n) is 1.25. The van der Waals surface area contributed by atoms with Gasteiger partial charge in [0.05, 0.1) is 7.11 Å². The zero-order chi connectivity index (χ0) is 9.68. The Balaban J connectivity index is 2.85. The Labute approximate surface area is 77.0 Å². The third kappa shape index (κ3) is 2.42. The molecule has 1 aromatic rings. The van der Waals surface area contributed by atoms with Crippen molar-refractivity contribution in [3.8, 4) is 5.75 Å². The first-order chi connectivity index (χ1) is 6.29. The Morgan fingerprint density at radius 1 is 1.46 bits per heavy atom. The van der Waals surface area contributed by atoms with E-state index >= 15 is 0 Å². The van der Waals surface area contributed by atoms with Crippen LogP contribution in [0.4, 0.5) is 4.39 Å². The summed E-state index contributed by atoms with van der Waals surface area (Å²) in [5, 5.41) is 8.63. The van der Waals surface area contributed by atoms with Gasteiger partial charge in [0, 0.05) is 6.61 Å². The van der Waals surface area contributed by atoms with E-state index in [0.29, 0.717) is 12.8 Å². The highest BCUT2D eigenvalue weighted by Crippen LogP contribution is 2.23. The minimum Gasteiger partial charge on any atom is -0.493 e. The summed E-state index contributed by atoms with van der Waals surface area (Å²) < 4.78 is 18.0. The summed E-state index contributed by atoms with van der Waals surface area (Å²) in [5.74, 6) is -0.0612. The maximum absolute atomic E-state index is 13.1. The van der Waals surface area contributed by atoms with E-state index in [1.54, 1.807) is 12.1 Å². The lowest BCUT2D eigenvalue weighted by Crippen LogP contribution is -1.96. The number of halogens is 1. The molecule has 13 heavy (non-hydrogen) atoms. The molecule has 2 nitrogen and oxygen atoms in total. The summed E-state index contributed by atoms with van der Waals surface area (Å²) in [5.41, 5.74) is 0.802. The van der Waals surface area contributed by atoms with E-state index in [-0.39, 0.29) is 18.2 Å². The van der Waals surface area contributed by atoms with Gasteiger partial charge in [0.25, 0.3) is 0 Å². The van der Waals surface area contributed by atoms with Gasteiger partial charge in [-0.25, -0.2) is 4.39 Å². The van der Waals surface area contributed by atoms with Crippen molar-refractivity contribution in [2.45, 2.75) is 12.8 Å². The van der Waals surface area contributed by atoms with E-state index in [1.807, 2.05) is 0 Å². The highest BCUT2D eigenvalue weighted by atomic mass is 19.1. The van der Waals surface area contributed by atoms with E-state index in [1.165, 1.54) is 13.2 Å². The summed E-state index contributed by atoms with van der Waals surface area (Å²) in [6, 6.07) is 4.81. The summed E-state index contributed by atoms with van der Waals surface area (Å²) in [4.78, 5) is 0. The molecule has 1 aromatic carbocycles. The third-order valence-electron chi connectivity index (χ3n) is 1.86. The molecule has 0 bridgehead atoms. The quantitative estimate of drug-likeness (QED) is 0.772. The van der Waals surface area contributed by atoms with Gasteiger partial charge in [0.2, 0.25) is 0 Å². The van der Waals surface area contributed by atoms with Crippen molar-refractivity contribution in [3.05, 3.63) is 29.6 Å². The predicted molar refractivity (Wildman–Crippen MR) is 48.4 cm³/mol. The molecule has 0 unspecified atom stereocenters. The van der Waals surface area contributed by atoms with Gasteiger partial charge in [-0.2, -0.15) is 0 Å². The largest absolute Gasteiger partial charge is 0.493 e. The van der Waals surface area contributed by atoms with E-state index in [0.717, 1.165) is 5.56 Å². The van der Waals surface area contributed by atoms with Gasteiger partial charge in [-0.1, -0.05) is 12.1 Å². The maximum atomic E-state index is 13.1. The Kier molecular flexibility index (Phi) is 3.71. The standard InChI is InChI=1S/C10H13FO2/c1-13-10-8(5-3-7-12)4-2-6-9(10)11/h2,4,6,12H,3,5,7H2,1H3. The van der Waals surface area contributed by atoms with Gasteiger partial charge in [0.1, 0.15) is 0 Å². The Morgan fingerprint density at radius 2 is 2.23 bits per heavy atom. The van der Waals surface area contributed by atoms with Crippen LogP contribution in [0, 0.1) is 5.82 Å². The van der Waals surface area contributed by atoms with E-state index in [2.05, 4.69) is 0 Å². The molecule has 3 heteroatoms. The molecule has 0 saturated carbocycles. The van der Waals surface area contributed by atoms with Gasteiger partial charge < -0.3 is 9.84 Å². The fraction of sp³-hybridized carbons (Fsp3) is 0.400. The van der Waals surface area contributed by atoms with Gasteiger partial charge in [0.15, 0.2) is 11.6 Å². The van der Waals surface area contributed by atoms with Crippen molar-refractivity contribution < 1.29 is 14.2 Å². The van der Waals surface area contributed by atoms with Gasteiger partial charge in [-0.3, -0.25) is 0 Å². The molecule has 0 aliphatic heterocycles. The van der Waals surface area contributed by atoms with Crippen molar-refractivity contribution in [2.75, 3.05) is 13.7 Å². The molecule has 0 amide bonds. The highest BCUT2D eigenvalue weighted by molar-refractivity contribution is 5.34. The van der Waals surface area contributed by atoms with Crippen LogP contribution < -0.4 is 4.74 Å². The first kappa shape index (κ1) is 9.99. The average molecular weight is 184 g/mol. The maximum Gasteiger partial charge on any atom is 0.165 e. The summed E-state index contributed by atoms with van der Waals surface area (Å²) in [6.07, 6.45) is 1.26. The van der Waals surface area contributed by atoms with Crippen molar-refractivity contribution in [2.24, 2.45) is 0 Å². The Hall–Kier alpha value is -1.09. The predicted octanol–water partition coefficient (Wildman–Crippen LogP) is 1.76. The monoisotopic (exact) mass is 184 g/mol. The van der Waals surface area contributed by atoms with E-state index < -0.39 is 0 Å². The van der Waals surface area contributed by atoms with E-state index in [9.17, 15) is 4.39 Å². The number of benzene rings is 1. The number of hydrogen-bond acceptors (Lipinski definition) is 2. The van der Waals surface area contributed by atoms with Gasteiger partial charge in [-0.05, 0) is 24.5 Å². The number of methoxy groups -OCH3 is 1. The molecule has 1 rings (SSSR count). The van der Waals surface area contributed by atoms with E-state index in [4.69, 9.17) is 9.84 Å². The topological polar surface area (TPSA) is 29.5 Å². The molecular weight excluding hydrogens is 171 g/mol. The number of aliphatic hydroxyl groups is 1. The zero-order valence-electron chi connectivity index (χ0n) is 7.59. The SMILES string of the molecule is COc1c(F)cccc1CCCO. The van der Waals surface area contributed by atoms with Crippen molar-refractivity contribution in [1.82, 2.24) is 0 Å². The van der Waals surface area contributed by atoms with Crippen molar-refractivity contribution >= 4 is 0 Å². The third-order valence-corrected chi connectivity index (χ3v) is 1.86. The first-order valence-corrected chi connectivity index (χ1v) is 4.22. The van der Waals surface area contributed by atoms with Crippen LogP contribution in [-0.2, 0) is 6.42 Å². The molecule has 0 saturated heterocycles. The van der Waals surface area contributed by atoms with Crippen molar-refractivity contribution in [1.29, 1.82) is 0 Å². The average Bonchev–Trinajstić information content (AvgIpc) is 2.15. The molecule has 0 spiro atoms. The molecule has 1 N–H and O–H groups in total. The number of hydrogen-bond donors (Lipinski definition) is 1. The number of aryl methyl sites for hydroxylation is 1. The van der Waals surface area contributed by atoms with Crippen LogP contribution in [0.2, 0.25) is 0 Å². The molecule has 0 fully saturated rings. The van der Waals surface area contributed by atoms with Gasteiger partial charge >= 0.3 is 0 Å². The second-order valence-electron chi connectivity index (χ2n) is 2.76. The number of para-hydroxylation sites is 1. The molecule has 72 valence electrons. The normalized spacial score (nSPS) is 10.1. The lowest BCUT2D eigenvalue weighted by molar-refractivity contribution is 0.287. The second kappa shape index (κ2) is 4.82. The second-order valence-corrected chi connectivity index (χ2v) is 2.76. The molecule has 0 radical (unpaired) electrons. The number of rotatable bonds is 4. The zero-order valence-corrected chi connectivity index (χ0v) is 7.59. The van der Waals surface area contributed by atoms with Crippen LogP contribution in [-0.4, -0.2) is 18.8 Å². The van der Waals surface area contributed by atoms with Crippen LogP contribution in [0.15, 0.2) is 18.2 Å². The van der Waals surface area contributed by atoms with Crippen LogP contribution in [0.25, 0.3) is 0 Å². The Bertz CT molecular complexity index is 274. The highest BCUT2D eigenvalue weighted by Gasteiger charge is 2.07. The van der Waals surface area contributed by atoms with Crippen LogP contribution in [0.5, 0.6) is 5.75 Å². The first-order valence-electron chi connectivity index (χ1n) is 4.22. The lowest BCUT2D eigenvalue weighted by atomic mass is 10.1. The number of aliphatic hydroxyl groups excluding tert-OH is 1. The summed E-state index contributed by atoms with van der Waals surface area (Å²) >= 11 is 0. The molecule has 0 aliphatic rings. The Morgan fingerprint density at radius 3 is 2.85 bits per heavy atom. The van der Waals surface area contributed by atoms with Crippen LogP contribution >= 0.6 is 0 Å². The summed E-state index contributed by atoms with van der Waals surface area (Å²) in [6.45, 7) is 0.111. The van der Waals surface area contributed by atoms with Crippen LogP contribution in [0.3, 0.4) is 0 Å². The minimum absolute atomic E-state index is 0.111. The lowest BCUT2D eigenvalue weighted by Gasteiger charge is -2.07. The summed E-state index contributed by atoms with van der Waals surface area (Å²) in [7, 11) is 1.45. The molecule has 0 atom stereocenters. The molecule has 0 aliphatic carbocycles. The number of ether oxygens (including phenoxy) is 1. The van der Waals surface area contributed by atoms with Crippen LogP contribution in [0.1, 0.15) is 12.0 Å². The molecule has 0 heterocycles.